The van der Waals surface area contributed by atoms with Crippen LogP contribution >= 0.6 is 0 Å². The quantitative estimate of drug-likeness (QED) is 0.375. The summed E-state index contributed by atoms with van der Waals surface area (Å²) in [4.78, 5) is 27.6. The third-order valence-electron chi connectivity index (χ3n) is 5.47. The number of Topliss-reactive ketones (excluding diaryl/α,β-unsaturated/α-hetero) is 1. The molecule has 4 heteroatoms. The standard InChI is InChI=1S/C26H23NO3/c1-3-18-12-14-19(15-13-18)24(28)22-23(20-9-7-8-17(2)16-20)27(26(30)25(22)29)21-10-5-4-6-11-21/h4-16,23,28H,3H2,1-2H3/b24-22-. The summed E-state index contributed by atoms with van der Waals surface area (Å²) in [5.74, 6) is -1.47. The number of rotatable bonds is 4. The number of nitrogens with zero attached hydrogens (tertiary/aromatic N) is 1. The van der Waals surface area contributed by atoms with Crippen molar-refractivity contribution in [1.29, 1.82) is 0 Å². The second kappa shape index (κ2) is 7.99. The number of para-hydroxylation sites is 1. The number of benzene rings is 3. The maximum absolute atomic E-state index is 13.1. The lowest BCUT2D eigenvalue weighted by Gasteiger charge is -2.25. The summed E-state index contributed by atoms with van der Waals surface area (Å²) < 4.78 is 0. The van der Waals surface area contributed by atoms with Gasteiger partial charge in [-0.15, -0.1) is 0 Å². The Morgan fingerprint density at radius 3 is 2.27 bits per heavy atom. The largest absolute Gasteiger partial charge is 0.507 e. The van der Waals surface area contributed by atoms with Crippen LogP contribution in [0.4, 0.5) is 5.69 Å². The van der Waals surface area contributed by atoms with Gasteiger partial charge in [-0.1, -0.05) is 79.2 Å². The van der Waals surface area contributed by atoms with Gasteiger partial charge in [0.15, 0.2) is 0 Å². The number of anilines is 1. The summed E-state index contributed by atoms with van der Waals surface area (Å²) in [6.07, 6.45) is 0.878. The Kier molecular flexibility index (Phi) is 5.23. The molecule has 0 aliphatic carbocycles. The van der Waals surface area contributed by atoms with Gasteiger partial charge in [-0.25, -0.2) is 0 Å². The van der Waals surface area contributed by atoms with Crippen LogP contribution < -0.4 is 4.90 Å². The van der Waals surface area contributed by atoms with Crippen LogP contribution in [0.25, 0.3) is 5.76 Å². The Bertz CT molecular complexity index is 1130. The maximum atomic E-state index is 13.1. The van der Waals surface area contributed by atoms with Crippen molar-refractivity contribution in [2.24, 2.45) is 0 Å². The topological polar surface area (TPSA) is 57.6 Å². The summed E-state index contributed by atoms with van der Waals surface area (Å²) in [6.45, 7) is 4.01. The molecule has 30 heavy (non-hydrogen) atoms. The fraction of sp³-hybridized carbons (Fsp3) is 0.154. The Balaban J connectivity index is 1.93. The SMILES string of the molecule is CCc1ccc(/C(O)=C2/C(=O)C(=O)N(c3ccccc3)C2c2cccc(C)c2)cc1. The third-order valence-corrected chi connectivity index (χ3v) is 5.47. The van der Waals surface area contributed by atoms with Crippen LogP contribution in [0.1, 0.15) is 35.2 Å². The summed E-state index contributed by atoms with van der Waals surface area (Å²) in [5, 5.41) is 11.1. The molecule has 0 radical (unpaired) electrons. The summed E-state index contributed by atoms with van der Waals surface area (Å²) >= 11 is 0. The monoisotopic (exact) mass is 397 g/mol. The molecule has 3 aromatic rings. The van der Waals surface area contributed by atoms with Crippen molar-refractivity contribution in [3.05, 3.63) is 107 Å². The van der Waals surface area contributed by atoms with Crippen LogP contribution in [-0.2, 0) is 16.0 Å². The molecular weight excluding hydrogens is 374 g/mol. The maximum Gasteiger partial charge on any atom is 0.300 e. The Morgan fingerprint density at radius 1 is 0.933 bits per heavy atom. The van der Waals surface area contributed by atoms with Crippen molar-refractivity contribution >= 4 is 23.1 Å². The second-order valence-electron chi connectivity index (χ2n) is 7.47. The number of aryl methyl sites for hydroxylation is 2. The number of hydrogen-bond donors (Lipinski definition) is 1. The molecule has 150 valence electrons. The number of amides is 1. The van der Waals surface area contributed by atoms with Gasteiger partial charge in [0, 0.05) is 11.3 Å². The molecule has 1 fully saturated rings. The van der Waals surface area contributed by atoms with E-state index in [2.05, 4.69) is 6.92 Å². The van der Waals surface area contributed by atoms with Crippen molar-refractivity contribution in [2.45, 2.75) is 26.3 Å². The second-order valence-corrected chi connectivity index (χ2v) is 7.47. The molecule has 1 aliphatic rings. The fourth-order valence-electron chi connectivity index (χ4n) is 3.90. The first-order valence-electron chi connectivity index (χ1n) is 10.0. The van der Waals surface area contributed by atoms with E-state index in [0.717, 1.165) is 23.1 Å². The minimum atomic E-state index is -0.696. The molecule has 1 amide bonds. The van der Waals surface area contributed by atoms with Crippen molar-refractivity contribution in [3.8, 4) is 0 Å². The van der Waals surface area contributed by atoms with Gasteiger partial charge in [-0.05, 0) is 36.6 Å². The van der Waals surface area contributed by atoms with E-state index in [1.54, 1.807) is 24.3 Å². The first kappa shape index (κ1) is 19.6. The Hall–Kier alpha value is -3.66. The van der Waals surface area contributed by atoms with Gasteiger partial charge in [-0.3, -0.25) is 14.5 Å². The van der Waals surface area contributed by atoms with E-state index in [4.69, 9.17) is 0 Å². The van der Waals surface area contributed by atoms with Gasteiger partial charge in [0.05, 0.1) is 11.6 Å². The highest BCUT2D eigenvalue weighted by atomic mass is 16.3. The lowest BCUT2D eigenvalue weighted by atomic mass is 9.94. The van der Waals surface area contributed by atoms with Gasteiger partial charge < -0.3 is 5.11 Å². The van der Waals surface area contributed by atoms with E-state index < -0.39 is 17.7 Å². The Morgan fingerprint density at radius 2 is 1.63 bits per heavy atom. The lowest BCUT2D eigenvalue weighted by Crippen LogP contribution is -2.29. The van der Waals surface area contributed by atoms with Crippen molar-refractivity contribution < 1.29 is 14.7 Å². The predicted molar refractivity (Wildman–Crippen MR) is 118 cm³/mol. The van der Waals surface area contributed by atoms with Crippen LogP contribution in [0.3, 0.4) is 0 Å². The molecule has 0 spiro atoms. The fourth-order valence-corrected chi connectivity index (χ4v) is 3.90. The number of carbonyl (C=O) groups excluding carboxylic acids is 2. The van der Waals surface area contributed by atoms with Gasteiger partial charge in [-0.2, -0.15) is 0 Å². The number of hydrogen-bond acceptors (Lipinski definition) is 3. The lowest BCUT2D eigenvalue weighted by molar-refractivity contribution is -0.132. The van der Waals surface area contributed by atoms with E-state index in [9.17, 15) is 14.7 Å². The van der Waals surface area contributed by atoms with Crippen molar-refractivity contribution in [1.82, 2.24) is 0 Å². The predicted octanol–water partition coefficient (Wildman–Crippen LogP) is 5.18. The zero-order valence-corrected chi connectivity index (χ0v) is 17.0. The smallest absolute Gasteiger partial charge is 0.300 e. The summed E-state index contributed by atoms with van der Waals surface area (Å²) in [6, 6.07) is 23.5. The van der Waals surface area contributed by atoms with Crippen LogP contribution in [0.15, 0.2) is 84.4 Å². The molecule has 1 aliphatic heterocycles. The van der Waals surface area contributed by atoms with Gasteiger partial charge in [0.1, 0.15) is 5.76 Å². The van der Waals surface area contributed by atoms with Crippen molar-refractivity contribution in [2.75, 3.05) is 4.90 Å². The van der Waals surface area contributed by atoms with Crippen LogP contribution in [0.5, 0.6) is 0 Å². The zero-order chi connectivity index (χ0) is 21.3. The summed E-state index contributed by atoms with van der Waals surface area (Å²) in [7, 11) is 0. The molecule has 1 atom stereocenters. The molecular formula is C26H23NO3. The molecule has 4 nitrogen and oxygen atoms in total. The van der Waals surface area contributed by atoms with Crippen LogP contribution in [0.2, 0.25) is 0 Å². The zero-order valence-electron chi connectivity index (χ0n) is 17.0. The van der Waals surface area contributed by atoms with Crippen LogP contribution in [0, 0.1) is 6.92 Å². The first-order chi connectivity index (χ1) is 14.5. The number of aliphatic hydroxyl groups excluding tert-OH is 1. The highest BCUT2D eigenvalue weighted by Gasteiger charge is 2.46. The molecule has 0 saturated carbocycles. The molecule has 1 saturated heterocycles. The number of carbonyl (C=O) groups is 2. The van der Waals surface area contributed by atoms with Crippen molar-refractivity contribution in [3.63, 3.8) is 0 Å². The van der Waals surface area contributed by atoms with E-state index >= 15 is 0 Å². The molecule has 1 heterocycles. The highest BCUT2D eigenvalue weighted by molar-refractivity contribution is 6.51. The minimum Gasteiger partial charge on any atom is -0.507 e. The van der Waals surface area contributed by atoms with Gasteiger partial charge in [0.2, 0.25) is 0 Å². The highest BCUT2D eigenvalue weighted by Crippen LogP contribution is 2.42. The minimum absolute atomic E-state index is 0.110. The van der Waals surface area contributed by atoms with E-state index in [1.807, 2.05) is 61.5 Å². The molecule has 0 aromatic heterocycles. The van der Waals surface area contributed by atoms with Crippen LogP contribution in [-0.4, -0.2) is 16.8 Å². The molecule has 0 bridgehead atoms. The molecule has 3 aromatic carbocycles. The summed E-state index contributed by atoms with van der Waals surface area (Å²) in [5.41, 5.74) is 4.18. The molecule has 1 N–H and O–H groups in total. The third kappa shape index (κ3) is 3.41. The molecule has 4 rings (SSSR count). The normalized spacial score (nSPS) is 18.1. The van der Waals surface area contributed by atoms with E-state index in [1.165, 1.54) is 4.90 Å². The first-order valence-corrected chi connectivity index (χ1v) is 10.0. The Labute approximate surface area is 176 Å². The van der Waals surface area contributed by atoms with E-state index in [-0.39, 0.29) is 11.3 Å². The average molecular weight is 397 g/mol. The van der Waals surface area contributed by atoms with Gasteiger partial charge in [0.25, 0.3) is 11.7 Å². The number of ketones is 1. The molecule has 1 unspecified atom stereocenters. The van der Waals surface area contributed by atoms with Gasteiger partial charge >= 0.3 is 0 Å². The number of aliphatic hydroxyl groups is 1. The average Bonchev–Trinajstić information content (AvgIpc) is 3.04. The van der Waals surface area contributed by atoms with E-state index in [0.29, 0.717) is 11.3 Å².